The SMILES string of the molecule is Cc1ccc(C)c(S(=O)(=O)NC2CCC(Oc3ccc(Cl)cn3)CC2)c1. The maximum atomic E-state index is 12.7. The Labute approximate surface area is 159 Å². The van der Waals surface area contributed by atoms with Crippen LogP contribution in [-0.2, 0) is 10.0 Å². The van der Waals surface area contributed by atoms with Gasteiger partial charge in [0.2, 0.25) is 15.9 Å². The Morgan fingerprint density at radius 2 is 1.85 bits per heavy atom. The molecule has 1 aliphatic rings. The summed E-state index contributed by atoms with van der Waals surface area (Å²) in [6.07, 6.45) is 4.64. The van der Waals surface area contributed by atoms with Gasteiger partial charge in [0, 0.05) is 18.3 Å². The molecule has 1 aliphatic carbocycles. The largest absolute Gasteiger partial charge is 0.474 e. The minimum atomic E-state index is -3.51. The van der Waals surface area contributed by atoms with Crippen LogP contribution in [-0.4, -0.2) is 25.5 Å². The van der Waals surface area contributed by atoms with Crippen LogP contribution in [0.5, 0.6) is 5.88 Å². The second-order valence-electron chi connectivity index (χ2n) is 6.80. The van der Waals surface area contributed by atoms with Crippen molar-refractivity contribution in [3.8, 4) is 5.88 Å². The molecule has 1 heterocycles. The molecule has 0 bridgehead atoms. The van der Waals surface area contributed by atoms with E-state index in [1.165, 1.54) is 0 Å². The van der Waals surface area contributed by atoms with E-state index >= 15 is 0 Å². The van der Waals surface area contributed by atoms with Gasteiger partial charge in [0.05, 0.1) is 9.92 Å². The summed E-state index contributed by atoms with van der Waals surface area (Å²) in [6.45, 7) is 3.71. The highest BCUT2D eigenvalue weighted by Gasteiger charge is 2.27. The molecule has 0 atom stereocenters. The van der Waals surface area contributed by atoms with Crippen LogP contribution in [0.4, 0.5) is 0 Å². The van der Waals surface area contributed by atoms with E-state index in [9.17, 15) is 8.42 Å². The predicted molar refractivity (Wildman–Crippen MR) is 102 cm³/mol. The summed E-state index contributed by atoms with van der Waals surface area (Å²) in [7, 11) is -3.51. The van der Waals surface area contributed by atoms with Crippen LogP contribution < -0.4 is 9.46 Å². The quantitative estimate of drug-likeness (QED) is 0.831. The number of sulfonamides is 1. The first-order chi connectivity index (χ1) is 12.3. The van der Waals surface area contributed by atoms with E-state index in [1.54, 1.807) is 24.4 Å². The van der Waals surface area contributed by atoms with Crippen LogP contribution in [0.15, 0.2) is 41.4 Å². The van der Waals surface area contributed by atoms with E-state index < -0.39 is 10.0 Å². The standard InChI is InChI=1S/C19H23ClN2O3S/c1-13-3-4-14(2)18(11-13)26(23,24)22-16-6-8-17(9-7-16)25-19-10-5-15(20)12-21-19/h3-5,10-12,16-17,22H,6-9H2,1-2H3. The summed E-state index contributed by atoms with van der Waals surface area (Å²) in [5, 5.41) is 0.571. The third-order valence-electron chi connectivity index (χ3n) is 4.62. The summed E-state index contributed by atoms with van der Waals surface area (Å²) in [6, 6.07) is 8.90. The number of benzene rings is 1. The number of hydrogen-bond donors (Lipinski definition) is 1. The molecule has 7 heteroatoms. The van der Waals surface area contributed by atoms with Crippen LogP contribution in [0.1, 0.15) is 36.8 Å². The highest BCUT2D eigenvalue weighted by Crippen LogP contribution is 2.25. The zero-order valence-electron chi connectivity index (χ0n) is 14.9. The van der Waals surface area contributed by atoms with Crippen molar-refractivity contribution in [3.05, 3.63) is 52.7 Å². The molecule has 5 nitrogen and oxygen atoms in total. The fourth-order valence-corrected chi connectivity index (χ4v) is 4.93. The van der Waals surface area contributed by atoms with Gasteiger partial charge in [0.25, 0.3) is 0 Å². The zero-order chi connectivity index (χ0) is 18.7. The Kier molecular flexibility index (Phi) is 5.85. The van der Waals surface area contributed by atoms with Crippen molar-refractivity contribution in [1.82, 2.24) is 9.71 Å². The molecule has 0 radical (unpaired) electrons. The Bertz CT molecular complexity index is 861. The second-order valence-corrected chi connectivity index (χ2v) is 8.92. The molecule has 140 valence electrons. The van der Waals surface area contributed by atoms with Gasteiger partial charge in [0.1, 0.15) is 6.10 Å². The normalized spacial score (nSPS) is 20.7. The second kappa shape index (κ2) is 7.94. The van der Waals surface area contributed by atoms with Gasteiger partial charge < -0.3 is 4.74 Å². The van der Waals surface area contributed by atoms with Crippen LogP contribution >= 0.6 is 11.6 Å². The van der Waals surface area contributed by atoms with Gasteiger partial charge >= 0.3 is 0 Å². The molecule has 1 aromatic carbocycles. The summed E-state index contributed by atoms with van der Waals surface area (Å²) in [5.41, 5.74) is 1.69. The first-order valence-corrected chi connectivity index (χ1v) is 10.6. The van der Waals surface area contributed by atoms with Crippen molar-refractivity contribution in [2.45, 2.75) is 56.6 Å². The number of halogens is 1. The van der Waals surface area contributed by atoms with Crippen molar-refractivity contribution in [3.63, 3.8) is 0 Å². The van der Waals surface area contributed by atoms with Crippen LogP contribution in [0, 0.1) is 13.8 Å². The topological polar surface area (TPSA) is 68.3 Å². The van der Waals surface area contributed by atoms with Gasteiger partial charge in [-0.2, -0.15) is 0 Å². The lowest BCUT2D eigenvalue weighted by Crippen LogP contribution is -2.39. The molecule has 0 spiro atoms. The number of nitrogens with zero attached hydrogens (tertiary/aromatic N) is 1. The van der Waals surface area contributed by atoms with Crippen molar-refractivity contribution >= 4 is 21.6 Å². The summed E-state index contributed by atoms with van der Waals surface area (Å²) < 4.78 is 34.1. The highest BCUT2D eigenvalue weighted by atomic mass is 35.5. The van der Waals surface area contributed by atoms with E-state index in [0.717, 1.165) is 36.8 Å². The fraction of sp³-hybridized carbons (Fsp3) is 0.421. The minimum Gasteiger partial charge on any atom is -0.474 e. The van der Waals surface area contributed by atoms with Crippen LogP contribution in [0.25, 0.3) is 0 Å². The van der Waals surface area contributed by atoms with Crippen LogP contribution in [0.3, 0.4) is 0 Å². The number of hydrogen-bond acceptors (Lipinski definition) is 4. The predicted octanol–water partition coefficient (Wildman–Crippen LogP) is 4.02. The third kappa shape index (κ3) is 4.75. The Morgan fingerprint density at radius 1 is 1.12 bits per heavy atom. The van der Waals surface area contributed by atoms with Crippen molar-refractivity contribution < 1.29 is 13.2 Å². The number of pyridine rings is 1. The van der Waals surface area contributed by atoms with Gasteiger partial charge in [0.15, 0.2) is 0 Å². The average molecular weight is 395 g/mol. The molecular weight excluding hydrogens is 372 g/mol. The number of ether oxygens (including phenoxy) is 1. The lowest BCUT2D eigenvalue weighted by atomic mass is 9.94. The number of aromatic nitrogens is 1. The van der Waals surface area contributed by atoms with Gasteiger partial charge in [-0.15, -0.1) is 0 Å². The van der Waals surface area contributed by atoms with Gasteiger partial charge in [-0.1, -0.05) is 23.7 Å². The van der Waals surface area contributed by atoms with Gasteiger partial charge in [-0.05, 0) is 62.8 Å². The minimum absolute atomic E-state index is 0.0464. The van der Waals surface area contributed by atoms with Crippen molar-refractivity contribution in [2.24, 2.45) is 0 Å². The van der Waals surface area contributed by atoms with E-state index in [0.29, 0.717) is 15.8 Å². The van der Waals surface area contributed by atoms with E-state index in [1.807, 2.05) is 26.0 Å². The molecule has 3 rings (SSSR count). The molecule has 0 amide bonds. The first kappa shape index (κ1) is 19.1. The average Bonchev–Trinajstić information content (AvgIpc) is 2.60. The van der Waals surface area contributed by atoms with E-state index in [-0.39, 0.29) is 12.1 Å². The Morgan fingerprint density at radius 3 is 2.50 bits per heavy atom. The number of rotatable bonds is 5. The van der Waals surface area contributed by atoms with Gasteiger partial charge in [-0.25, -0.2) is 18.1 Å². The smallest absolute Gasteiger partial charge is 0.241 e. The summed E-state index contributed by atoms with van der Waals surface area (Å²) in [4.78, 5) is 4.50. The molecule has 1 fully saturated rings. The van der Waals surface area contributed by atoms with Crippen molar-refractivity contribution in [2.75, 3.05) is 0 Å². The third-order valence-corrected chi connectivity index (χ3v) is 6.50. The maximum absolute atomic E-state index is 12.7. The number of aryl methyl sites for hydroxylation is 2. The maximum Gasteiger partial charge on any atom is 0.241 e. The first-order valence-electron chi connectivity index (χ1n) is 8.71. The summed E-state index contributed by atoms with van der Waals surface area (Å²) in [5.74, 6) is 0.550. The molecule has 0 aliphatic heterocycles. The van der Waals surface area contributed by atoms with Crippen molar-refractivity contribution in [1.29, 1.82) is 0 Å². The Hall–Kier alpha value is -1.63. The van der Waals surface area contributed by atoms with Crippen LogP contribution in [0.2, 0.25) is 5.02 Å². The molecule has 0 unspecified atom stereocenters. The Balaban J connectivity index is 1.58. The molecule has 1 N–H and O–H groups in total. The lowest BCUT2D eigenvalue weighted by Gasteiger charge is -2.29. The molecular formula is C19H23ClN2O3S. The lowest BCUT2D eigenvalue weighted by molar-refractivity contribution is 0.138. The van der Waals surface area contributed by atoms with E-state index in [4.69, 9.17) is 16.3 Å². The molecule has 26 heavy (non-hydrogen) atoms. The summed E-state index contributed by atoms with van der Waals surface area (Å²) >= 11 is 5.82. The monoisotopic (exact) mass is 394 g/mol. The number of nitrogens with one attached hydrogen (secondary N) is 1. The zero-order valence-corrected chi connectivity index (χ0v) is 16.5. The molecule has 0 saturated heterocycles. The molecule has 1 saturated carbocycles. The fourth-order valence-electron chi connectivity index (χ4n) is 3.18. The molecule has 1 aromatic heterocycles. The molecule has 2 aromatic rings. The van der Waals surface area contributed by atoms with Gasteiger partial charge in [-0.3, -0.25) is 0 Å². The van der Waals surface area contributed by atoms with E-state index in [2.05, 4.69) is 9.71 Å². The highest BCUT2D eigenvalue weighted by molar-refractivity contribution is 7.89.